The molecule has 0 aromatic heterocycles. The van der Waals surface area contributed by atoms with Crippen LogP contribution in [0, 0.1) is 0 Å². The molecule has 92 valence electrons. The van der Waals surface area contributed by atoms with E-state index in [4.69, 9.17) is 5.11 Å². The van der Waals surface area contributed by atoms with Gasteiger partial charge in [-0.05, 0) is 17.2 Å². The van der Waals surface area contributed by atoms with E-state index in [1.807, 2.05) is 42.5 Å². The van der Waals surface area contributed by atoms with Gasteiger partial charge in [0.05, 0.1) is 5.56 Å². The second-order valence-corrected chi connectivity index (χ2v) is 4.05. The first kappa shape index (κ1) is 12.3. The fourth-order valence-corrected chi connectivity index (χ4v) is 1.82. The summed E-state index contributed by atoms with van der Waals surface area (Å²) in [4.78, 5) is 11.0. The third-order valence-electron chi connectivity index (χ3n) is 2.74. The van der Waals surface area contributed by atoms with E-state index >= 15 is 0 Å². The molecule has 2 aromatic rings. The Bertz CT molecular complexity index is 523. The first-order chi connectivity index (χ1) is 8.77. The van der Waals surface area contributed by atoms with Crippen molar-refractivity contribution in [3.8, 4) is 0 Å². The highest BCUT2D eigenvalue weighted by Gasteiger charge is 2.07. The molecule has 2 N–H and O–H groups in total. The van der Waals surface area contributed by atoms with E-state index in [9.17, 15) is 4.79 Å². The van der Waals surface area contributed by atoms with Crippen LogP contribution in [0.25, 0.3) is 0 Å². The number of nitrogens with one attached hydrogen (secondary N) is 1. The quantitative estimate of drug-likeness (QED) is 0.846. The number of rotatable bonds is 5. The number of carboxylic acid groups (broad SMARTS) is 1. The van der Waals surface area contributed by atoms with E-state index in [2.05, 4.69) is 5.32 Å². The summed E-state index contributed by atoms with van der Waals surface area (Å²) < 4.78 is 0. The first-order valence-electron chi connectivity index (χ1n) is 5.83. The van der Waals surface area contributed by atoms with Crippen LogP contribution in [0.15, 0.2) is 54.6 Å². The highest BCUT2D eigenvalue weighted by molar-refractivity contribution is 5.89. The summed E-state index contributed by atoms with van der Waals surface area (Å²) in [6, 6.07) is 17.1. The van der Waals surface area contributed by atoms with Crippen LogP contribution >= 0.6 is 0 Å². The lowest BCUT2D eigenvalue weighted by atomic mass is 10.1. The van der Waals surface area contributed by atoms with Crippen LogP contribution < -0.4 is 5.32 Å². The monoisotopic (exact) mass is 241 g/mol. The van der Waals surface area contributed by atoms with Gasteiger partial charge in [0.25, 0.3) is 0 Å². The molecule has 3 nitrogen and oxygen atoms in total. The molecule has 0 aliphatic heterocycles. The Morgan fingerprint density at radius 2 is 1.61 bits per heavy atom. The molecule has 2 aromatic carbocycles. The Balaban J connectivity index is 1.97. The van der Waals surface area contributed by atoms with Gasteiger partial charge >= 0.3 is 5.97 Å². The van der Waals surface area contributed by atoms with E-state index < -0.39 is 5.97 Å². The molecule has 0 fully saturated rings. The van der Waals surface area contributed by atoms with Gasteiger partial charge < -0.3 is 10.4 Å². The van der Waals surface area contributed by atoms with Crippen LogP contribution in [0.2, 0.25) is 0 Å². The highest BCUT2D eigenvalue weighted by atomic mass is 16.4. The van der Waals surface area contributed by atoms with Crippen molar-refractivity contribution in [2.45, 2.75) is 13.1 Å². The number of benzene rings is 2. The highest BCUT2D eigenvalue weighted by Crippen LogP contribution is 2.08. The zero-order chi connectivity index (χ0) is 12.8. The molecule has 0 saturated carbocycles. The number of carbonyl (C=O) groups is 1. The first-order valence-corrected chi connectivity index (χ1v) is 5.83. The number of carboxylic acids is 1. The summed E-state index contributed by atoms with van der Waals surface area (Å²) in [5.41, 5.74) is 2.35. The molecule has 0 amide bonds. The van der Waals surface area contributed by atoms with Crippen LogP contribution in [0.3, 0.4) is 0 Å². The van der Waals surface area contributed by atoms with Gasteiger partial charge in [0.15, 0.2) is 0 Å². The third-order valence-corrected chi connectivity index (χ3v) is 2.74. The van der Waals surface area contributed by atoms with Crippen LogP contribution in [0.5, 0.6) is 0 Å². The molecule has 0 saturated heterocycles. The molecule has 0 spiro atoms. The Morgan fingerprint density at radius 1 is 0.944 bits per heavy atom. The van der Waals surface area contributed by atoms with E-state index in [1.54, 1.807) is 12.1 Å². The summed E-state index contributed by atoms with van der Waals surface area (Å²) >= 11 is 0. The lowest BCUT2D eigenvalue weighted by Gasteiger charge is -2.07. The maximum absolute atomic E-state index is 11.0. The molecule has 0 unspecified atom stereocenters. The second kappa shape index (κ2) is 5.98. The minimum atomic E-state index is -0.882. The standard InChI is InChI=1S/C15H15NO2/c17-15(18)14-9-5-4-8-13(14)11-16-10-12-6-2-1-3-7-12/h1-9,16H,10-11H2,(H,17,18). The van der Waals surface area contributed by atoms with E-state index in [1.165, 1.54) is 5.56 Å². The maximum Gasteiger partial charge on any atom is 0.336 e. The average Bonchev–Trinajstić information content (AvgIpc) is 2.40. The van der Waals surface area contributed by atoms with Gasteiger partial charge in [-0.15, -0.1) is 0 Å². The molecule has 0 heterocycles. The van der Waals surface area contributed by atoms with Crippen molar-refractivity contribution in [2.24, 2.45) is 0 Å². The predicted molar refractivity (Wildman–Crippen MR) is 70.4 cm³/mol. The Hall–Kier alpha value is -2.13. The van der Waals surface area contributed by atoms with Crippen LogP contribution in [0.4, 0.5) is 0 Å². The third kappa shape index (κ3) is 3.18. The minimum Gasteiger partial charge on any atom is -0.478 e. The molecular formula is C15H15NO2. The molecule has 0 atom stereocenters. The summed E-state index contributed by atoms with van der Waals surface area (Å²) in [5, 5.41) is 12.3. The Labute approximate surface area is 106 Å². The van der Waals surface area contributed by atoms with E-state index in [0.29, 0.717) is 12.1 Å². The number of aromatic carboxylic acids is 1. The van der Waals surface area contributed by atoms with Crippen molar-refractivity contribution < 1.29 is 9.90 Å². The fraction of sp³-hybridized carbons (Fsp3) is 0.133. The van der Waals surface area contributed by atoms with Crippen LogP contribution in [0.1, 0.15) is 21.5 Å². The zero-order valence-electron chi connectivity index (χ0n) is 9.97. The van der Waals surface area contributed by atoms with Gasteiger partial charge in [0, 0.05) is 13.1 Å². The molecule has 18 heavy (non-hydrogen) atoms. The average molecular weight is 241 g/mol. The largest absolute Gasteiger partial charge is 0.478 e. The summed E-state index contributed by atoms with van der Waals surface area (Å²) in [7, 11) is 0. The van der Waals surface area contributed by atoms with E-state index in [-0.39, 0.29) is 0 Å². The van der Waals surface area contributed by atoms with Crippen molar-refractivity contribution in [3.63, 3.8) is 0 Å². The predicted octanol–water partition coefficient (Wildman–Crippen LogP) is 2.67. The summed E-state index contributed by atoms with van der Waals surface area (Å²) in [6.45, 7) is 1.28. The molecule has 2 rings (SSSR count). The lowest BCUT2D eigenvalue weighted by molar-refractivity contribution is 0.0695. The maximum atomic E-state index is 11.0. The van der Waals surface area contributed by atoms with Crippen molar-refractivity contribution in [3.05, 3.63) is 71.3 Å². The smallest absolute Gasteiger partial charge is 0.336 e. The van der Waals surface area contributed by atoms with Gasteiger partial charge in [-0.3, -0.25) is 0 Å². The van der Waals surface area contributed by atoms with Gasteiger partial charge in [0.2, 0.25) is 0 Å². The van der Waals surface area contributed by atoms with Crippen molar-refractivity contribution in [1.29, 1.82) is 0 Å². The van der Waals surface area contributed by atoms with Crippen LogP contribution in [-0.2, 0) is 13.1 Å². The SMILES string of the molecule is O=C(O)c1ccccc1CNCc1ccccc1. The normalized spacial score (nSPS) is 10.2. The van der Waals surface area contributed by atoms with Gasteiger partial charge in [-0.25, -0.2) is 4.79 Å². The molecule has 0 radical (unpaired) electrons. The molecule has 3 heteroatoms. The second-order valence-electron chi connectivity index (χ2n) is 4.05. The molecule has 0 aliphatic carbocycles. The van der Waals surface area contributed by atoms with Crippen molar-refractivity contribution >= 4 is 5.97 Å². The van der Waals surface area contributed by atoms with Crippen molar-refractivity contribution in [2.75, 3.05) is 0 Å². The topological polar surface area (TPSA) is 49.3 Å². The molecule has 0 aliphatic rings. The fourth-order valence-electron chi connectivity index (χ4n) is 1.82. The van der Waals surface area contributed by atoms with Gasteiger partial charge in [-0.1, -0.05) is 48.5 Å². The summed E-state index contributed by atoms with van der Waals surface area (Å²) in [5.74, 6) is -0.882. The summed E-state index contributed by atoms with van der Waals surface area (Å²) in [6.07, 6.45) is 0. The Kier molecular flexibility index (Phi) is 4.10. The molecule has 0 bridgehead atoms. The van der Waals surface area contributed by atoms with Crippen LogP contribution in [-0.4, -0.2) is 11.1 Å². The lowest BCUT2D eigenvalue weighted by Crippen LogP contribution is -2.15. The van der Waals surface area contributed by atoms with Gasteiger partial charge in [0.1, 0.15) is 0 Å². The zero-order valence-corrected chi connectivity index (χ0v) is 9.97. The number of hydrogen-bond donors (Lipinski definition) is 2. The minimum absolute atomic E-state index is 0.359. The van der Waals surface area contributed by atoms with Gasteiger partial charge in [-0.2, -0.15) is 0 Å². The number of hydrogen-bond acceptors (Lipinski definition) is 2. The molecular weight excluding hydrogens is 226 g/mol. The van der Waals surface area contributed by atoms with E-state index in [0.717, 1.165) is 12.1 Å². The Morgan fingerprint density at radius 3 is 2.33 bits per heavy atom. The van der Waals surface area contributed by atoms with Crippen molar-refractivity contribution in [1.82, 2.24) is 5.32 Å².